The monoisotopic (exact) mass is 341 g/mol. The first-order valence-electron chi connectivity index (χ1n) is 8.59. The highest BCUT2D eigenvalue weighted by Crippen LogP contribution is 2.31. The minimum absolute atomic E-state index is 0.142. The van der Waals surface area contributed by atoms with Gasteiger partial charge in [0.05, 0.1) is 12.6 Å². The van der Waals surface area contributed by atoms with Gasteiger partial charge in [0.1, 0.15) is 12.4 Å². The SMILES string of the molecule is CCCOc1ccc(C(=O)N[C@H](C)[C@@H]2COc3ccccc3O2)cc1. The number of hydrogen-bond donors (Lipinski definition) is 1. The third-order valence-electron chi connectivity index (χ3n) is 4.04. The molecule has 0 bridgehead atoms. The number of rotatable bonds is 6. The zero-order valence-electron chi connectivity index (χ0n) is 14.5. The highest BCUT2D eigenvalue weighted by Gasteiger charge is 2.27. The van der Waals surface area contributed by atoms with Crippen LogP contribution in [0.3, 0.4) is 0 Å². The summed E-state index contributed by atoms with van der Waals surface area (Å²) in [5, 5.41) is 2.97. The van der Waals surface area contributed by atoms with Gasteiger partial charge in [-0.15, -0.1) is 0 Å². The first-order valence-corrected chi connectivity index (χ1v) is 8.59. The fourth-order valence-corrected chi connectivity index (χ4v) is 2.59. The average molecular weight is 341 g/mol. The first kappa shape index (κ1) is 17.1. The van der Waals surface area contributed by atoms with Crippen molar-refractivity contribution in [3.05, 3.63) is 54.1 Å². The Hall–Kier alpha value is -2.69. The van der Waals surface area contributed by atoms with Crippen LogP contribution in [0.2, 0.25) is 0 Å². The maximum atomic E-state index is 12.4. The second-order valence-electron chi connectivity index (χ2n) is 6.05. The van der Waals surface area contributed by atoms with Crippen LogP contribution < -0.4 is 19.5 Å². The van der Waals surface area contributed by atoms with Crippen molar-refractivity contribution in [3.8, 4) is 17.2 Å². The maximum Gasteiger partial charge on any atom is 0.251 e. The van der Waals surface area contributed by atoms with E-state index >= 15 is 0 Å². The Morgan fingerprint density at radius 3 is 2.64 bits per heavy atom. The molecule has 0 saturated carbocycles. The van der Waals surface area contributed by atoms with Crippen LogP contribution in [-0.2, 0) is 0 Å². The van der Waals surface area contributed by atoms with Crippen LogP contribution in [0.15, 0.2) is 48.5 Å². The quantitative estimate of drug-likeness (QED) is 0.874. The van der Waals surface area contributed by atoms with Gasteiger partial charge < -0.3 is 19.5 Å². The van der Waals surface area contributed by atoms with Gasteiger partial charge in [-0.1, -0.05) is 19.1 Å². The van der Waals surface area contributed by atoms with Crippen molar-refractivity contribution in [3.63, 3.8) is 0 Å². The summed E-state index contributed by atoms with van der Waals surface area (Å²) in [6, 6.07) is 14.5. The molecule has 0 saturated heterocycles. The van der Waals surface area contributed by atoms with E-state index in [1.165, 1.54) is 0 Å². The Morgan fingerprint density at radius 2 is 1.92 bits per heavy atom. The zero-order chi connectivity index (χ0) is 17.6. The minimum atomic E-state index is -0.231. The number of amides is 1. The van der Waals surface area contributed by atoms with E-state index in [0.29, 0.717) is 24.5 Å². The number of ether oxygens (including phenoxy) is 3. The molecule has 3 rings (SSSR count). The second-order valence-corrected chi connectivity index (χ2v) is 6.05. The van der Waals surface area contributed by atoms with Crippen LogP contribution >= 0.6 is 0 Å². The molecule has 1 aliphatic heterocycles. The highest BCUT2D eigenvalue weighted by molar-refractivity contribution is 5.94. The van der Waals surface area contributed by atoms with Gasteiger partial charge in [0.15, 0.2) is 17.6 Å². The van der Waals surface area contributed by atoms with E-state index in [-0.39, 0.29) is 18.1 Å². The molecule has 0 aliphatic carbocycles. The summed E-state index contributed by atoms with van der Waals surface area (Å²) < 4.78 is 17.2. The molecule has 1 N–H and O–H groups in total. The molecule has 2 aromatic rings. The summed E-state index contributed by atoms with van der Waals surface area (Å²) in [7, 11) is 0. The van der Waals surface area contributed by atoms with Gasteiger partial charge in [0.2, 0.25) is 0 Å². The molecule has 0 unspecified atom stereocenters. The predicted molar refractivity (Wildman–Crippen MR) is 95.5 cm³/mol. The van der Waals surface area contributed by atoms with E-state index in [1.54, 1.807) is 12.1 Å². The van der Waals surface area contributed by atoms with Crippen molar-refractivity contribution in [2.45, 2.75) is 32.4 Å². The number of nitrogens with one attached hydrogen (secondary N) is 1. The van der Waals surface area contributed by atoms with Crippen LogP contribution in [0.4, 0.5) is 0 Å². The molecule has 1 amide bonds. The molecule has 1 heterocycles. The Labute approximate surface area is 147 Å². The summed E-state index contributed by atoms with van der Waals surface area (Å²) in [6.07, 6.45) is 0.720. The molecular formula is C20H23NO4. The van der Waals surface area contributed by atoms with E-state index in [1.807, 2.05) is 43.3 Å². The van der Waals surface area contributed by atoms with Crippen molar-refractivity contribution >= 4 is 5.91 Å². The smallest absolute Gasteiger partial charge is 0.251 e. The predicted octanol–water partition coefficient (Wildman–Crippen LogP) is 3.43. The highest BCUT2D eigenvalue weighted by atomic mass is 16.6. The number of carbonyl (C=O) groups excluding carboxylic acids is 1. The third kappa shape index (κ3) is 4.24. The Balaban J connectivity index is 1.57. The number of carbonyl (C=O) groups is 1. The Bertz CT molecular complexity index is 714. The van der Waals surface area contributed by atoms with E-state index in [9.17, 15) is 4.79 Å². The number of hydrogen-bond acceptors (Lipinski definition) is 4. The topological polar surface area (TPSA) is 56.8 Å². The molecule has 2 aromatic carbocycles. The maximum absolute atomic E-state index is 12.4. The summed E-state index contributed by atoms with van der Waals surface area (Å²) in [5.74, 6) is 2.07. The molecule has 0 spiro atoms. The van der Waals surface area contributed by atoms with E-state index < -0.39 is 0 Å². The van der Waals surface area contributed by atoms with E-state index in [4.69, 9.17) is 14.2 Å². The standard InChI is InChI=1S/C20H23NO4/c1-3-12-23-16-10-8-15(9-11-16)20(22)21-14(2)19-13-24-17-6-4-5-7-18(17)25-19/h4-11,14,19H,3,12-13H2,1-2H3,(H,21,22)/t14-,19+/m1/s1. The van der Waals surface area contributed by atoms with Crippen LogP contribution in [0.1, 0.15) is 30.6 Å². The van der Waals surface area contributed by atoms with Crippen molar-refractivity contribution in [2.24, 2.45) is 0 Å². The molecule has 1 aliphatic rings. The van der Waals surface area contributed by atoms with Gasteiger partial charge in [-0.3, -0.25) is 4.79 Å². The van der Waals surface area contributed by atoms with Gasteiger partial charge in [0.25, 0.3) is 5.91 Å². The lowest BCUT2D eigenvalue weighted by Gasteiger charge is -2.30. The van der Waals surface area contributed by atoms with Gasteiger partial charge in [-0.05, 0) is 49.7 Å². The fourth-order valence-electron chi connectivity index (χ4n) is 2.59. The fraction of sp³-hybridized carbons (Fsp3) is 0.350. The summed E-state index contributed by atoms with van der Waals surface area (Å²) in [4.78, 5) is 12.4. The lowest BCUT2D eigenvalue weighted by molar-refractivity contribution is 0.0606. The molecule has 0 aromatic heterocycles. The lowest BCUT2D eigenvalue weighted by Crippen LogP contribution is -2.48. The van der Waals surface area contributed by atoms with Gasteiger partial charge in [-0.25, -0.2) is 0 Å². The Morgan fingerprint density at radius 1 is 1.20 bits per heavy atom. The zero-order valence-corrected chi connectivity index (χ0v) is 14.5. The summed E-state index contributed by atoms with van der Waals surface area (Å²) in [5.41, 5.74) is 0.591. The minimum Gasteiger partial charge on any atom is -0.494 e. The number of fused-ring (bicyclic) bond motifs is 1. The van der Waals surface area contributed by atoms with Gasteiger partial charge >= 0.3 is 0 Å². The lowest BCUT2D eigenvalue weighted by atomic mass is 10.1. The first-order chi connectivity index (χ1) is 12.2. The molecule has 2 atom stereocenters. The largest absolute Gasteiger partial charge is 0.494 e. The van der Waals surface area contributed by atoms with Crippen LogP contribution in [0.25, 0.3) is 0 Å². The molecule has 0 fully saturated rings. The summed E-state index contributed by atoms with van der Waals surface area (Å²) >= 11 is 0. The average Bonchev–Trinajstić information content (AvgIpc) is 2.66. The molecule has 0 radical (unpaired) electrons. The molecule has 25 heavy (non-hydrogen) atoms. The van der Waals surface area contributed by atoms with Gasteiger partial charge in [-0.2, -0.15) is 0 Å². The molecular weight excluding hydrogens is 318 g/mol. The Kier molecular flexibility index (Phi) is 5.43. The second kappa shape index (κ2) is 7.92. The van der Waals surface area contributed by atoms with Crippen molar-refractivity contribution in [1.29, 1.82) is 0 Å². The van der Waals surface area contributed by atoms with Crippen molar-refractivity contribution in [1.82, 2.24) is 5.32 Å². The summed E-state index contributed by atoms with van der Waals surface area (Å²) in [6.45, 7) is 5.04. The normalized spacial score (nSPS) is 16.8. The molecule has 132 valence electrons. The van der Waals surface area contributed by atoms with Crippen LogP contribution in [0, 0.1) is 0 Å². The number of benzene rings is 2. The molecule has 5 nitrogen and oxygen atoms in total. The van der Waals surface area contributed by atoms with Crippen molar-refractivity contribution in [2.75, 3.05) is 13.2 Å². The number of para-hydroxylation sites is 2. The van der Waals surface area contributed by atoms with E-state index in [2.05, 4.69) is 12.2 Å². The van der Waals surface area contributed by atoms with Crippen molar-refractivity contribution < 1.29 is 19.0 Å². The molecule has 5 heteroatoms. The van der Waals surface area contributed by atoms with E-state index in [0.717, 1.165) is 17.9 Å². The van der Waals surface area contributed by atoms with Gasteiger partial charge in [0, 0.05) is 5.56 Å². The van der Waals surface area contributed by atoms with Crippen LogP contribution in [-0.4, -0.2) is 31.3 Å². The van der Waals surface area contributed by atoms with Crippen LogP contribution in [0.5, 0.6) is 17.2 Å². The third-order valence-corrected chi connectivity index (χ3v) is 4.04.